The number of likely N-dealkylation sites (N-methyl/N-ethyl adjacent to an activating group) is 1. The highest BCUT2D eigenvalue weighted by Gasteiger charge is 2.35. The molecular formula is C18H26FNO3. The summed E-state index contributed by atoms with van der Waals surface area (Å²) in [6.07, 6.45) is 2.07. The molecule has 4 nitrogen and oxygen atoms in total. The Kier molecular flexibility index (Phi) is 5.01. The molecule has 2 saturated heterocycles. The van der Waals surface area contributed by atoms with E-state index in [2.05, 4.69) is 11.9 Å². The Morgan fingerprint density at radius 1 is 1.26 bits per heavy atom. The van der Waals surface area contributed by atoms with E-state index in [9.17, 15) is 4.39 Å². The van der Waals surface area contributed by atoms with Crippen molar-refractivity contribution in [1.82, 2.24) is 4.90 Å². The number of rotatable bonds is 4. The van der Waals surface area contributed by atoms with E-state index < -0.39 is 5.79 Å². The second-order valence-corrected chi connectivity index (χ2v) is 6.98. The van der Waals surface area contributed by atoms with Gasteiger partial charge in [-0.3, -0.25) is 0 Å². The van der Waals surface area contributed by atoms with Crippen molar-refractivity contribution in [1.29, 1.82) is 0 Å². The van der Waals surface area contributed by atoms with E-state index >= 15 is 0 Å². The number of hydrogen-bond donors (Lipinski definition) is 0. The summed E-state index contributed by atoms with van der Waals surface area (Å²) in [5.41, 5.74) is 1.05. The lowest BCUT2D eigenvalue weighted by atomic mass is 9.96. The molecular weight excluding hydrogens is 297 g/mol. The molecule has 2 aliphatic heterocycles. The fourth-order valence-electron chi connectivity index (χ4n) is 3.41. The van der Waals surface area contributed by atoms with Gasteiger partial charge in [0.2, 0.25) is 0 Å². The summed E-state index contributed by atoms with van der Waals surface area (Å²) in [7, 11) is 2.13. The second-order valence-electron chi connectivity index (χ2n) is 6.98. The topological polar surface area (TPSA) is 30.9 Å². The summed E-state index contributed by atoms with van der Waals surface area (Å²) in [6, 6.07) is 7.07. The number of ether oxygens (including phenoxy) is 3. The largest absolute Gasteiger partial charge is 0.373 e. The van der Waals surface area contributed by atoms with Crippen LogP contribution in [0.3, 0.4) is 0 Å². The number of hydrogen-bond acceptors (Lipinski definition) is 4. The summed E-state index contributed by atoms with van der Waals surface area (Å²) in [5, 5.41) is 0. The molecule has 5 heteroatoms. The van der Waals surface area contributed by atoms with Crippen LogP contribution in [-0.4, -0.2) is 49.6 Å². The molecule has 0 aliphatic carbocycles. The molecule has 2 fully saturated rings. The highest BCUT2D eigenvalue weighted by Crippen LogP contribution is 2.31. The Labute approximate surface area is 137 Å². The minimum Gasteiger partial charge on any atom is -0.373 e. The molecule has 0 spiro atoms. The van der Waals surface area contributed by atoms with Crippen LogP contribution in [-0.2, 0) is 14.2 Å². The minimum atomic E-state index is -0.474. The fraction of sp³-hybridized carbons (Fsp3) is 0.667. The maximum atomic E-state index is 13.1. The van der Waals surface area contributed by atoms with E-state index in [0.29, 0.717) is 12.6 Å². The smallest absolute Gasteiger partial charge is 0.163 e. The van der Waals surface area contributed by atoms with Crippen molar-refractivity contribution in [3.63, 3.8) is 0 Å². The molecule has 1 aromatic carbocycles. The van der Waals surface area contributed by atoms with Crippen molar-refractivity contribution in [2.45, 2.75) is 50.7 Å². The Balaban J connectivity index is 1.56. The van der Waals surface area contributed by atoms with Crippen molar-refractivity contribution in [3.8, 4) is 0 Å². The highest BCUT2D eigenvalue weighted by atomic mass is 19.1. The van der Waals surface area contributed by atoms with Gasteiger partial charge in [0.05, 0.1) is 18.8 Å². The zero-order valence-electron chi connectivity index (χ0n) is 14.1. The molecule has 3 atom stereocenters. The van der Waals surface area contributed by atoms with Gasteiger partial charge >= 0.3 is 0 Å². The molecule has 0 saturated carbocycles. The summed E-state index contributed by atoms with van der Waals surface area (Å²) in [6.45, 7) is 6.12. The van der Waals surface area contributed by atoms with Gasteiger partial charge in [-0.1, -0.05) is 12.1 Å². The Bertz CT molecular complexity index is 520. The Morgan fingerprint density at radius 2 is 2.00 bits per heavy atom. The summed E-state index contributed by atoms with van der Waals surface area (Å²) >= 11 is 0. The van der Waals surface area contributed by atoms with Gasteiger partial charge in [0.25, 0.3) is 0 Å². The van der Waals surface area contributed by atoms with Crippen LogP contribution in [0.2, 0.25) is 0 Å². The van der Waals surface area contributed by atoms with Crippen LogP contribution in [0.25, 0.3) is 0 Å². The molecule has 0 radical (unpaired) electrons. The molecule has 1 aromatic rings. The molecule has 0 amide bonds. The summed E-state index contributed by atoms with van der Waals surface area (Å²) in [5.74, 6) is -0.683. The van der Waals surface area contributed by atoms with Crippen molar-refractivity contribution in [3.05, 3.63) is 35.6 Å². The van der Waals surface area contributed by atoms with Gasteiger partial charge in [-0.25, -0.2) is 4.39 Å². The molecule has 0 bridgehead atoms. The van der Waals surface area contributed by atoms with E-state index in [1.807, 2.05) is 26.0 Å². The van der Waals surface area contributed by atoms with Crippen molar-refractivity contribution >= 4 is 0 Å². The third-order valence-corrected chi connectivity index (χ3v) is 4.68. The average molecular weight is 323 g/mol. The first-order valence-electron chi connectivity index (χ1n) is 8.32. The first kappa shape index (κ1) is 16.8. The van der Waals surface area contributed by atoms with Crippen molar-refractivity contribution in [2.24, 2.45) is 0 Å². The Hall–Kier alpha value is -1.01. The van der Waals surface area contributed by atoms with Gasteiger partial charge in [0.15, 0.2) is 5.79 Å². The van der Waals surface area contributed by atoms with Gasteiger partial charge in [-0.05, 0) is 51.4 Å². The molecule has 0 N–H and O–H groups in total. The zero-order valence-corrected chi connectivity index (χ0v) is 14.1. The SMILES string of the molecule is CN(CC1COC(C)(C)O1)C1CCOC(c2ccc(F)cc2)C1. The first-order valence-corrected chi connectivity index (χ1v) is 8.32. The van der Waals surface area contributed by atoms with Gasteiger partial charge in [0.1, 0.15) is 5.82 Å². The monoisotopic (exact) mass is 323 g/mol. The highest BCUT2D eigenvalue weighted by molar-refractivity contribution is 5.19. The van der Waals surface area contributed by atoms with Crippen LogP contribution in [0.1, 0.15) is 38.4 Å². The van der Waals surface area contributed by atoms with Gasteiger partial charge in [-0.2, -0.15) is 0 Å². The normalized spacial score (nSPS) is 30.7. The average Bonchev–Trinajstić information content (AvgIpc) is 2.87. The van der Waals surface area contributed by atoms with E-state index in [-0.39, 0.29) is 18.0 Å². The van der Waals surface area contributed by atoms with Gasteiger partial charge in [0, 0.05) is 19.2 Å². The molecule has 3 rings (SSSR count). The Morgan fingerprint density at radius 3 is 2.65 bits per heavy atom. The molecule has 23 heavy (non-hydrogen) atoms. The van der Waals surface area contributed by atoms with E-state index in [0.717, 1.165) is 31.6 Å². The van der Waals surface area contributed by atoms with E-state index in [4.69, 9.17) is 14.2 Å². The van der Waals surface area contributed by atoms with E-state index in [1.165, 1.54) is 12.1 Å². The third-order valence-electron chi connectivity index (χ3n) is 4.68. The number of nitrogens with zero attached hydrogens (tertiary/aromatic N) is 1. The summed E-state index contributed by atoms with van der Waals surface area (Å²) in [4.78, 5) is 2.34. The van der Waals surface area contributed by atoms with Crippen molar-refractivity contribution < 1.29 is 18.6 Å². The van der Waals surface area contributed by atoms with Gasteiger partial charge in [-0.15, -0.1) is 0 Å². The zero-order chi connectivity index (χ0) is 16.4. The van der Waals surface area contributed by atoms with Crippen LogP contribution in [0.4, 0.5) is 4.39 Å². The van der Waals surface area contributed by atoms with Crippen molar-refractivity contribution in [2.75, 3.05) is 26.8 Å². The van der Waals surface area contributed by atoms with E-state index in [1.54, 1.807) is 0 Å². The van der Waals surface area contributed by atoms with Crippen LogP contribution in [0.15, 0.2) is 24.3 Å². The molecule has 0 aromatic heterocycles. The standard InChI is InChI=1S/C18H26FNO3/c1-18(2)22-12-16(23-18)11-20(3)15-8-9-21-17(10-15)13-4-6-14(19)7-5-13/h4-7,15-17H,8-12H2,1-3H3. The second kappa shape index (κ2) is 6.85. The van der Waals surface area contributed by atoms with Crippen LogP contribution < -0.4 is 0 Å². The predicted octanol–water partition coefficient (Wildman–Crippen LogP) is 3.13. The number of benzene rings is 1. The first-order chi connectivity index (χ1) is 10.9. The lowest BCUT2D eigenvalue weighted by Gasteiger charge is -2.36. The molecule has 128 valence electrons. The molecule has 3 unspecified atom stereocenters. The third kappa shape index (κ3) is 4.29. The van der Waals surface area contributed by atoms with Gasteiger partial charge < -0.3 is 19.1 Å². The maximum Gasteiger partial charge on any atom is 0.163 e. The lowest BCUT2D eigenvalue weighted by molar-refractivity contribution is -0.141. The summed E-state index contributed by atoms with van der Waals surface area (Å²) < 4.78 is 30.5. The lowest BCUT2D eigenvalue weighted by Crippen LogP contribution is -2.42. The minimum absolute atomic E-state index is 0.0361. The number of halogens is 1. The maximum absolute atomic E-state index is 13.1. The fourth-order valence-corrected chi connectivity index (χ4v) is 3.41. The van der Waals surface area contributed by atoms with Crippen LogP contribution in [0, 0.1) is 5.82 Å². The van der Waals surface area contributed by atoms with Crippen LogP contribution >= 0.6 is 0 Å². The quantitative estimate of drug-likeness (QED) is 0.852. The molecule has 2 aliphatic rings. The van der Waals surface area contributed by atoms with Crippen LogP contribution in [0.5, 0.6) is 0 Å². The predicted molar refractivity (Wildman–Crippen MR) is 85.6 cm³/mol. The molecule has 2 heterocycles.